The third-order valence-electron chi connectivity index (χ3n) is 3.40. The Labute approximate surface area is 116 Å². The van der Waals surface area contributed by atoms with E-state index in [-0.39, 0.29) is 17.7 Å². The van der Waals surface area contributed by atoms with Crippen LogP contribution in [0.1, 0.15) is 32.8 Å². The molecule has 1 rings (SSSR count). The van der Waals surface area contributed by atoms with E-state index in [0.717, 1.165) is 13.0 Å². The van der Waals surface area contributed by atoms with E-state index < -0.39 is 0 Å². The van der Waals surface area contributed by atoms with Crippen LogP contribution in [-0.4, -0.2) is 23.9 Å². The van der Waals surface area contributed by atoms with Gasteiger partial charge in [-0.3, -0.25) is 4.79 Å². The third-order valence-corrected chi connectivity index (χ3v) is 3.40. The quantitative estimate of drug-likeness (QED) is 0.821. The zero-order valence-corrected chi connectivity index (χ0v) is 12.3. The number of nitrogens with two attached hydrogens (primary N) is 1. The second kappa shape index (κ2) is 7.95. The molecule has 0 aliphatic carbocycles. The summed E-state index contributed by atoms with van der Waals surface area (Å²) >= 11 is 0. The SMILES string of the molecule is CCCN(Cc1ccccc1)C(=O)C(CN)C(C)C. The van der Waals surface area contributed by atoms with Crippen molar-refractivity contribution in [2.24, 2.45) is 17.6 Å². The van der Waals surface area contributed by atoms with Crippen molar-refractivity contribution in [3.05, 3.63) is 35.9 Å². The molecule has 1 unspecified atom stereocenters. The number of rotatable bonds is 7. The van der Waals surface area contributed by atoms with E-state index >= 15 is 0 Å². The Morgan fingerprint density at radius 3 is 2.37 bits per heavy atom. The third kappa shape index (κ3) is 4.67. The minimum Gasteiger partial charge on any atom is -0.338 e. The molecule has 0 fully saturated rings. The van der Waals surface area contributed by atoms with Crippen molar-refractivity contribution < 1.29 is 4.79 Å². The summed E-state index contributed by atoms with van der Waals surface area (Å²) in [6.45, 7) is 8.10. The first-order chi connectivity index (χ1) is 9.10. The van der Waals surface area contributed by atoms with Gasteiger partial charge in [-0.1, -0.05) is 51.1 Å². The van der Waals surface area contributed by atoms with Gasteiger partial charge < -0.3 is 10.6 Å². The molecule has 0 bridgehead atoms. The van der Waals surface area contributed by atoms with Crippen LogP contribution >= 0.6 is 0 Å². The smallest absolute Gasteiger partial charge is 0.227 e. The predicted molar refractivity (Wildman–Crippen MR) is 79.5 cm³/mol. The van der Waals surface area contributed by atoms with Gasteiger partial charge in [0.25, 0.3) is 0 Å². The lowest BCUT2D eigenvalue weighted by molar-refractivity contribution is -0.137. The van der Waals surface area contributed by atoms with Gasteiger partial charge in [0.05, 0.1) is 5.92 Å². The van der Waals surface area contributed by atoms with Crippen molar-refractivity contribution in [1.29, 1.82) is 0 Å². The topological polar surface area (TPSA) is 46.3 Å². The molecule has 19 heavy (non-hydrogen) atoms. The van der Waals surface area contributed by atoms with Crippen molar-refractivity contribution in [1.82, 2.24) is 4.90 Å². The highest BCUT2D eigenvalue weighted by atomic mass is 16.2. The maximum absolute atomic E-state index is 12.6. The lowest BCUT2D eigenvalue weighted by Gasteiger charge is -2.28. The minimum absolute atomic E-state index is 0.0738. The van der Waals surface area contributed by atoms with Crippen LogP contribution in [0.3, 0.4) is 0 Å². The molecular weight excluding hydrogens is 236 g/mol. The van der Waals surface area contributed by atoms with Crippen molar-refractivity contribution in [2.75, 3.05) is 13.1 Å². The Morgan fingerprint density at radius 1 is 1.26 bits per heavy atom. The molecule has 0 saturated carbocycles. The summed E-state index contributed by atoms with van der Waals surface area (Å²) in [5.41, 5.74) is 6.92. The largest absolute Gasteiger partial charge is 0.338 e. The monoisotopic (exact) mass is 262 g/mol. The molecule has 0 aliphatic heterocycles. The van der Waals surface area contributed by atoms with Gasteiger partial charge in [-0.05, 0) is 17.9 Å². The molecule has 0 aromatic heterocycles. The highest BCUT2D eigenvalue weighted by molar-refractivity contribution is 5.79. The van der Waals surface area contributed by atoms with Crippen LogP contribution < -0.4 is 5.73 Å². The Hall–Kier alpha value is -1.35. The van der Waals surface area contributed by atoms with E-state index in [1.165, 1.54) is 5.56 Å². The van der Waals surface area contributed by atoms with Gasteiger partial charge in [0.1, 0.15) is 0 Å². The molecule has 3 heteroatoms. The molecule has 0 heterocycles. The second-order valence-electron chi connectivity index (χ2n) is 5.33. The van der Waals surface area contributed by atoms with E-state index in [1.54, 1.807) is 0 Å². The molecule has 0 radical (unpaired) electrons. The van der Waals surface area contributed by atoms with Crippen LogP contribution in [0, 0.1) is 11.8 Å². The first kappa shape index (κ1) is 15.7. The maximum atomic E-state index is 12.6. The first-order valence-electron chi connectivity index (χ1n) is 7.12. The van der Waals surface area contributed by atoms with Crippen LogP contribution in [0.5, 0.6) is 0 Å². The van der Waals surface area contributed by atoms with Crippen molar-refractivity contribution in [3.63, 3.8) is 0 Å². The summed E-state index contributed by atoms with van der Waals surface area (Å²) in [4.78, 5) is 14.5. The highest BCUT2D eigenvalue weighted by Crippen LogP contribution is 2.15. The normalized spacial score (nSPS) is 12.5. The van der Waals surface area contributed by atoms with Gasteiger partial charge in [0, 0.05) is 19.6 Å². The summed E-state index contributed by atoms with van der Waals surface area (Å²) in [6.07, 6.45) is 0.966. The molecule has 0 saturated heterocycles. The standard InChI is InChI=1S/C16H26N2O/c1-4-10-18(12-14-8-6-5-7-9-14)16(19)15(11-17)13(2)3/h5-9,13,15H,4,10-12,17H2,1-3H3. The molecule has 1 amide bonds. The maximum Gasteiger partial charge on any atom is 0.227 e. The Kier molecular flexibility index (Phi) is 6.57. The summed E-state index contributed by atoms with van der Waals surface area (Å²) in [6, 6.07) is 10.1. The number of benzene rings is 1. The van der Waals surface area contributed by atoms with Crippen molar-refractivity contribution in [3.8, 4) is 0 Å². The number of carbonyl (C=O) groups is 1. The fraction of sp³-hybridized carbons (Fsp3) is 0.562. The molecule has 1 aromatic rings. The molecule has 1 aromatic carbocycles. The average Bonchev–Trinajstić information content (AvgIpc) is 2.39. The van der Waals surface area contributed by atoms with E-state index in [2.05, 4.69) is 32.9 Å². The summed E-state index contributed by atoms with van der Waals surface area (Å²) in [5.74, 6) is 0.395. The number of carbonyl (C=O) groups excluding carboxylic acids is 1. The molecule has 0 aliphatic rings. The van der Waals surface area contributed by atoms with Crippen LogP contribution in [0.4, 0.5) is 0 Å². The molecule has 106 valence electrons. The van der Waals surface area contributed by atoms with E-state index in [0.29, 0.717) is 13.1 Å². The fourth-order valence-corrected chi connectivity index (χ4v) is 2.23. The van der Waals surface area contributed by atoms with Crippen LogP contribution in [-0.2, 0) is 11.3 Å². The van der Waals surface area contributed by atoms with Crippen LogP contribution in [0.25, 0.3) is 0 Å². The Balaban J connectivity index is 2.79. The summed E-state index contributed by atoms with van der Waals surface area (Å²) < 4.78 is 0. The van der Waals surface area contributed by atoms with Crippen LogP contribution in [0.15, 0.2) is 30.3 Å². The zero-order chi connectivity index (χ0) is 14.3. The van der Waals surface area contributed by atoms with Gasteiger partial charge >= 0.3 is 0 Å². The lowest BCUT2D eigenvalue weighted by Crippen LogP contribution is -2.41. The Bertz CT molecular complexity index is 376. The molecule has 1 atom stereocenters. The molecular formula is C16H26N2O. The van der Waals surface area contributed by atoms with Gasteiger partial charge in [0.2, 0.25) is 5.91 Å². The number of hydrogen-bond donors (Lipinski definition) is 1. The second-order valence-corrected chi connectivity index (χ2v) is 5.33. The van der Waals surface area contributed by atoms with Crippen molar-refractivity contribution in [2.45, 2.75) is 33.7 Å². The highest BCUT2D eigenvalue weighted by Gasteiger charge is 2.25. The van der Waals surface area contributed by atoms with Gasteiger partial charge in [-0.25, -0.2) is 0 Å². The first-order valence-corrected chi connectivity index (χ1v) is 7.12. The van der Waals surface area contributed by atoms with Crippen LogP contribution in [0.2, 0.25) is 0 Å². The van der Waals surface area contributed by atoms with Crippen molar-refractivity contribution >= 4 is 5.91 Å². The molecule has 3 nitrogen and oxygen atoms in total. The predicted octanol–water partition coefficient (Wildman–Crippen LogP) is 2.66. The number of hydrogen-bond acceptors (Lipinski definition) is 2. The summed E-state index contributed by atoms with van der Waals surface area (Å²) in [5, 5.41) is 0. The van der Waals surface area contributed by atoms with E-state index in [1.807, 2.05) is 23.1 Å². The average molecular weight is 262 g/mol. The van der Waals surface area contributed by atoms with E-state index in [4.69, 9.17) is 5.73 Å². The van der Waals surface area contributed by atoms with Gasteiger partial charge in [0.15, 0.2) is 0 Å². The number of amides is 1. The molecule has 2 N–H and O–H groups in total. The minimum atomic E-state index is -0.0738. The van der Waals surface area contributed by atoms with E-state index in [9.17, 15) is 4.79 Å². The van der Waals surface area contributed by atoms with Gasteiger partial charge in [-0.2, -0.15) is 0 Å². The summed E-state index contributed by atoms with van der Waals surface area (Å²) in [7, 11) is 0. The lowest BCUT2D eigenvalue weighted by atomic mass is 9.94. The fourth-order valence-electron chi connectivity index (χ4n) is 2.23. The molecule has 0 spiro atoms. The van der Waals surface area contributed by atoms with Gasteiger partial charge in [-0.15, -0.1) is 0 Å². The Morgan fingerprint density at radius 2 is 1.89 bits per heavy atom. The zero-order valence-electron chi connectivity index (χ0n) is 12.3. The number of nitrogens with zero attached hydrogens (tertiary/aromatic N) is 1.